The summed E-state index contributed by atoms with van der Waals surface area (Å²) in [5.41, 5.74) is 0.510. The first kappa shape index (κ1) is 17.0. The molecule has 2 N–H and O–H groups in total. The highest BCUT2D eigenvalue weighted by Crippen LogP contribution is 2.18. The molecule has 0 spiro atoms. The lowest BCUT2D eigenvalue weighted by Crippen LogP contribution is -2.48. The minimum atomic E-state index is -0.507. The average Bonchev–Trinajstić information content (AvgIpc) is 2.92. The van der Waals surface area contributed by atoms with E-state index in [4.69, 9.17) is 0 Å². The van der Waals surface area contributed by atoms with E-state index in [0.29, 0.717) is 5.16 Å². The van der Waals surface area contributed by atoms with Crippen LogP contribution in [0.1, 0.15) is 20.8 Å². The van der Waals surface area contributed by atoms with E-state index in [1.54, 1.807) is 10.9 Å². The van der Waals surface area contributed by atoms with Gasteiger partial charge in [0.05, 0.1) is 5.75 Å². The monoisotopic (exact) mass is 333 g/mol. The summed E-state index contributed by atoms with van der Waals surface area (Å²) in [5.74, 6) is -0.317. The van der Waals surface area contributed by atoms with Gasteiger partial charge in [-0.3, -0.25) is 14.7 Å². The number of nitrogens with one attached hydrogen (secondary N) is 2. The number of imide groups is 1. The molecule has 23 heavy (non-hydrogen) atoms. The topological polar surface area (TPSA) is 88.9 Å². The molecular formula is C15H19N5O2S. The van der Waals surface area contributed by atoms with Crippen LogP contribution in [0.4, 0.5) is 4.79 Å². The zero-order valence-corrected chi connectivity index (χ0v) is 14.1. The van der Waals surface area contributed by atoms with Gasteiger partial charge in [-0.1, -0.05) is 30.0 Å². The molecule has 1 aromatic heterocycles. The zero-order valence-electron chi connectivity index (χ0n) is 13.2. The van der Waals surface area contributed by atoms with Crippen LogP contribution < -0.4 is 10.6 Å². The van der Waals surface area contributed by atoms with Crippen LogP contribution in [0, 0.1) is 0 Å². The smallest absolute Gasteiger partial charge is 0.321 e. The third kappa shape index (κ3) is 5.41. The van der Waals surface area contributed by atoms with Crippen molar-refractivity contribution < 1.29 is 9.59 Å². The van der Waals surface area contributed by atoms with Crippen LogP contribution in [0.3, 0.4) is 0 Å². The summed E-state index contributed by atoms with van der Waals surface area (Å²) in [6.07, 6.45) is 1.59. The molecule has 2 rings (SSSR count). The van der Waals surface area contributed by atoms with Gasteiger partial charge >= 0.3 is 6.03 Å². The van der Waals surface area contributed by atoms with Crippen molar-refractivity contribution >= 4 is 23.7 Å². The summed E-state index contributed by atoms with van der Waals surface area (Å²) >= 11 is 1.21. The van der Waals surface area contributed by atoms with Crippen LogP contribution in [0.2, 0.25) is 0 Å². The van der Waals surface area contributed by atoms with Gasteiger partial charge in [-0.25, -0.2) is 4.79 Å². The van der Waals surface area contributed by atoms with Crippen LogP contribution in [0.15, 0.2) is 41.8 Å². The van der Waals surface area contributed by atoms with Gasteiger partial charge in [0.15, 0.2) is 5.16 Å². The maximum Gasteiger partial charge on any atom is 0.321 e. The van der Waals surface area contributed by atoms with Crippen molar-refractivity contribution in [3.8, 4) is 5.69 Å². The fourth-order valence-corrected chi connectivity index (χ4v) is 2.48. The van der Waals surface area contributed by atoms with E-state index in [1.165, 1.54) is 11.8 Å². The molecule has 0 saturated heterocycles. The Balaban J connectivity index is 1.91. The standard InChI is InChI=1S/C15H19N5O2S/c1-15(2,3)18-13(22)17-12(21)9-23-14-19-16-10-20(14)11-7-5-4-6-8-11/h4-8,10H,9H2,1-3H3,(H2,17,18,21,22). The van der Waals surface area contributed by atoms with Gasteiger partial charge < -0.3 is 5.32 Å². The average molecular weight is 333 g/mol. The van der Waals surface area contributed by atoms with E-state index in [1.807, 2.05) is 51.1 Å². The number of para-hydroxylation sites is 1. The first-order chi connectivity index (χ1) is 10.8. The highest BCUT2D eigenvalue weighted by atomic mass is 32.2. The Hall–Kier alpha value is -2.35. The molecule has 2 aromatic rings. The van der Waals surface area contributed by atoms with E-state index in [2.05, 4.69) is 20.8 Å². The Morgan fingerprint density at radius 2 is 1.91 bits per heavy atom. The summed E-state index contributed by atoms with van der Waals surface area (Å²) in [7, 11) is 0. The Kier molecular flexibility index (Phi) is 5.38. The number of aromatic nitrogens is 3. The minimum Gasteiger partial charge on any atom is -0.333 e. The first-order valence-corrected chi connectivity index (χ1v) is 8.04. The molecule has 1 heterocycles. The highest BCUT2D eigenvalue weighted by molar-refractivity contribution is 7.99. The third-order valence-electron chi connectivity index (χ3n) is 2.62. The van der Waals surface area contributed by atoms with Gasteiger partial charge in [0.2, 0.25) is 5.91 Å². The van der Waals surface area contributed by atoms with E-state index >= 15 is 0 Å². The summed E-state index contributed by atoms with van der Waals surface area (Å²) in [6, 6.07) is 9.07. The second-order valence-corrected chi connectivity index (χ2v) is 6.80. The molecule has 0 aliphatic carbocycles. The van der Waals surface area contributed by atoms with Gasteiger partial charge in [-0.05, 0) is 32.9 Å². The van der Waals surface area contributed by atoms with Gasteiger partial charge in [0.1, 0.15) is 6.33 Å². The van der Waals surface area contributed by atoms with Crippen LogP contribution in [0.5, 0.6) is 0 Å². The minimum absolute atomic E-state index is 0.0725. The number of urea groups is 1. The zero-order chi connectivity index (χ0) is 16.9. The molecule has 0 atom stereocenters. The molecule has 122 valence electrons. The molecule has 0 bridgehead atoms. The molecular weight excluding hydrogens is 314 g/mol. The van der Waals surface area contributed by atoms with Crippen LogP contribution in [0.25, 0.3) is 5.69 Å². The molecule has 7 nitrogen and oxygen atoms in total. The summed E-state index contributed by atoms with van der Waals surface area (Å²) in [5, 5.41) is 13.4. The van der Waals surface area contributed by atoms with Crippen LogP contribution in [-0.4, -0.2) is 38.0 Å². The van der Waals surface area contributed by atoms with Crippen molar-refractivity contribution in [2.75, 3.05) is 5.75 Å². The predicted molar refractivity (Wildman–Crippen MR) is 88.5 cm³/mol. The maximum atomic E-state index is 11.8. The quantitative estimate of drug-likeness (QED) is 0.835. The Bertz CT molecular complexity index is 679. The summed E-state index contributed by atoms with van der Waals surface area (Å²) < 4.78 is 1.78. The molecule has 0 aliphatic heterocycles. The van der Waals surface area contributed by atoms with Crippen molar-refractivity contribution in [3.05, 3.63) is 36.7 Å². The molecule has 0 aliphatic rings. The SMILES string of the molecule is CC(C)(C)NC(=O)NC(=O)CSc1nncn1-c1ccccc1. The predicted octanol–water partition coefficient (Wildman–Crippen LogP) is 1.98. The molecule has 0 saturated carbocycles. The van der Waals surface area contributed by atoms with Crippen LogP contribution in [-0.2, 0) is 4.79 Å². The van der Waals surface area contributed by atoms with Crippen molar-refractivity contribution in [2.24, 2.45) is 0 Å². The number of amides is 3. The van der Waals surface area contributed by atoms with Gasteiger partial charge in [0, 0.05) is 11.2 Å². The number of carbonyl (C=O) groups excluding carboxylic acids is 2. The number of benzene rings is 1. The molecule has 0 fully saturated rings. The molecule has 1 aromatic carbocycles. The second kappa shape index (κ2) is 7.28. The summed E-state index contributed by atoms with van der Waals surface area (Å²) in [4.78, 5) is 23.5. The van der Waals surface area contributed by atoms with Crippen LogP contribution >= 0.6 is 11.8 Å². The van der Waals surface area contributed by atoms with E-state index < -0.39 is 11.6 Å². The third-order valence-corrected chi connectivity index (χ3v) is 3.57. The molecule has 8 heteroatoms. The number of thioether (sulfide) groups is 1. The lowest BCUT2D eigenvalue weighted by molar-refractivity contribution is -0.117. The largest absolute Gasteiger partial charge is 0.333 e. The number of rotatable bonds is 4. The molecule has 3 amide bonds. The fourth-order valence-electron chi connectivity index (χ4n) is 1.75. The molecule has 0 unspecified atom stereocenters. The first-order valence-electron chi connectivity index (χ1n) is 7.05. The normalized spacial score (nSPS) is 11.1. The van der Waals surface area contributed by atoms with Crippen molar-refractivity contribution in [1.29, 1.82) is 0 Å². The van der Waals surface area contributed by atoms with Crippen molar-refractivity contribution in [1.82, 2.24) is 25.4 Å². The maximum absolute atomic E-state index is 11.8. The fraction of sp³-hybridized carbons (Fsp3) is 0.333. The number of hydrogen-bond acceptors (Lipinski definition) is 5. The van der Waals surface area contributed by atoms with Crippen molar-refractivity contribution in [2.45, 2.75) is 31.5 Å². The number of carbonyl (C=O) groups is 2. The lowest BCUT2D eigenvalue weighted by atomic mass is 10.1. The Labute approximate surface area is 138 Å². The van der Waals surface area contributed by atoms with Gasteiger partial charge in [0.25, 0.3) is 0 Å². The molecule has 0 radical (unpaired) electrons. The number of nitrogens with zero attached hydrogens (tertiary/aromatic N) is 3. The van der Waals surface area contributed by atoms with E-state index in [9.17, 15) is 9.59 Å². The highest BCUT2D eigenvalue weighted by Gasteiger charge is 2.16. The van der Waals surface area contributed by atoms with E-state index in [-0.39, 0.29) is 11.7 Å². The van der Waals surface area contributed by atoms with Gasteiger partial charge in [-0.15, -0.1) is 10.2 Å². The summed E-state index contributed by atoms with van der Waals surface area (Å²) in [6.45, 7) is 5.52. The van der Waals surface area contributed by atoms with Crippen molar-refractivity contribution in [3.63, 3.8) is 0 Å². The lowest BCUT2D eigenvalue weighted by Gasteiger charge is -2.20. The Morgan fingerprint density at radius 3 is 2.57 bits per heavy atom. The second-order valence-electron chi connectivity index (χ2n) is 5.86. The van der Waals surface area contributed by atoms with Gasteiger partial charge in [-0.2, -0.15) is 0 Å². The number of hydrogen-bond donors (Lipinski definition) is 2. The van der Waals surface area contributed by atoms with E-state index in [0.717, 1.165) is 5.69 Å². The Morgan fingerprint density at radius 1 is 1.22 bits per heavy atom.